The van der Waals surface area contributed by atoms with Crippen LogP contribution in [0.2, 0.25) is 0 Å². The van der Waals surface area contributed by atoms with Gasteiger partial charge in [-0.2, -0.15) is 5.10 Å². The molecule has 4 heteroatoms. The van der Waals surface area contributed by atoms with Gasteiger partial charge in [-0.3, -0.25) is 4.68 Å². The normalized spacial score (nSPS) is 10.8. The first-order valence-corrected chi connectivity index (χ1v) is 3.67. The highest BCUT2D eigenvalue weighted by molar-refractivity contribution is 5.84. The number of carbonyl (C=O) groups is 1. The average molecular weight is 166 g/mol. The fourth-order valence-electron chi connectivity index (χ4n) is 0.905. The standard InChI is InChI=1S/C8H10N2O2/c1-2-10-7(5-6-9-10)3-4-8(11)12/h3-6H,2H2,1H3,(H,11,12). The Bertz CT molecular complexity index is 302. The van der Waals surface area contributed by atoms with Crippen LogP contribution in [0.3, 0.4) is 0 Å². The van der Waals surface area contributed by atoms with Gasteiger partial charge in [0.05, 0.1) is 5.69 Å². The number of hydrogen-bond donors (Lipinski definition) is 1. The predicted molar refractivity (Wildman–Crippen MR) is 44.6 cm³/mol. The zero-order valence-electron chi connectivity index (χ0n) is 6.77. The second kappa shape index (κ2) is 3.71. The van der Waals surface area contributed by atoms with Gasteiger partial charge in [0.1, 0.15) is 0 Å². The van der Waals surface area contributed by atoms with Crippen LogP contribution in [0.4, 0.5) is 0 Å². The lowest BCUT2D eigenvalue weighted by Crippen LogP contribution is -1.98. The van der Waals surface area contributed by atoms with Gasteiger partial charge in [-0.15, -0.1) is 0 Å². The fraction of sp³-hybridized carbons (Fsp3) is 0.250. The number of carboxylic acid groups (broad SMARTS) is 1. The zero-order chi connectivity index (χ0) is 8.97. The largest absolute Gasteiger partial charge is 0.478 e. The van der Waals surface area contributed by atoms with Crippen molar-refractivity contribution in [2.45, 2.75) is 13.5 Å². The van der Waals surface area contributed by atoms with Crippen LogP contribution in [0, 0.1) is 0 Å². The SMILES string of the molecule is CCn1nccc1C=CC(=O)O. The van der Waals surface area contributed by atoms with E-state index in [2.05, 4.69) is 5.10 Å². The summed E-state index contributed by atoms with van der Waals surface area (Å²) in [6.07, 6.45) is 4.27. The van der Waals surface area contributed by atoms with Crippen LogP contribution in [-0.4, -0.2) is 20.9 Å². The molecule has 0 amide bonds. The summed E-state index contributed by atoms with van der Waals surface area (Å²) in [7, 11) is 0. The van der Waals surface area contributed by atoms with Gasteiger partial charge >= 0.3 is 5.97 Å². The molecule has 1 aromatic heterocycles. The zero-order valence-corrected chi connectivity index (χ0v) is 6.77. The Morgan fingerprint density at radius 1 is 1.83 bits per heavy atom. The van der Waals surface area contributed by atoms with Crippen molar-refractivity contribution in [3.63, 3.8) is 0 Å². The number of hydrogen-bond acceptors (Lipinski definition) is 2. The lowest BCUT2D eigenvalue weighted by molar-refractivity contribution is -0.131. The lowest BCUT2D eigenvalue weighted by Gasteiger charge is -1.97. The topological polar surface area (TPSA) is 55.1 Å². The minimum absolute atomic E-state index is 0.742. The minimum Gasteiger partial charge on any atom is -0.478 e. The first-order chi connectivity index (χ1) is 5.74. The third-order valence-electron chi connectivity index (χ3n) is 1.45. The van der Waals surface area contributed by atoms with Crippen molar-refractivity contribution in [2.24, 2.45) is 0 Å². The van der Waals surface area contributed by atoms with E-state index in [-0.39, 0.29) is 0 Å². The molecule has 0 fully saturated rings. The van der Waals surface area contributed by atoms with E-state index >= 15 is 0 Å². The summed E-state index contributed by atoms with van der Waals surface area (Å²) in [5, 5.41) is 12.3. The highest BCUT2D eigenvalue weighted by Gasteiger charge is 1.95. The Kier molecular flexibility index (Phi) is 2.63. The fourth-order valence-corrected chi connectivity index (χ4v) is 0.905. The molecule has 0 saturated heterocycles. The van der Waals surface area contributed by atoms with E-state index in [4.69, 9.17) is 5.11 Å². The van der Waals surface area contributed by atoms with E-state index in [9.17, 15) is 4.79 Å². The monoisotopic (exact) mass is 166 g/mol. The van der Waals surface area contributed by atoms with Gasteiger partial charge in [-0.25, -0.2) is 4.79 Å². The van der Waals surface area contributed by atoms with Crippen LogP contribution in [-0.2, 0) is 11.3 Å². The van der Waals surface area contributed by atoms with E-state index in [0.29, 0.717) is 0 Å². The van der Waals surface area contributed by atoms with Gasteiger partial charge in [0.25, 0.3) is 0 Å². The van der Waals surface area contributed by atoms with Crippen molar-refractivity contribution in [3.05, 3.63) is 24.0 Å². The third-order valence-corrected chi connectivity index (χ3v) is 1.45. The smallest absolute Gasteiger partial charge is 0.328 e. The molecule has 4 nitrogen and oxygen atoms in total. The van der Waals surface area contributed by atoms with Crippen LogP contribution < -0.4 is 0 Å². The summed E-state index contributed by atoms with van der Waals surface area (Å²) in [5.41, 5.74) is 0.805. The number of carboxylic acids is 1. The maximum absolute atomic E-state index is 10.2. The van der Waals surface area contributed by atoms with E-state index in [0.717, 1.165) is 18.3 Å². The molecule has 1 heterocycles. The molecule has 1 N–H and O–H groups in total. The second-order valence-corrected chi connectivity index (χ2v) is 2.24. The maximum Gasteiger partial charge on any atom is 0.328 e. The minimum atomic E-state index is -0.946. The Balaban J connectivity index is 2.81. The molecule has 0 saturated carbocycles. The predicted octanol–water partition coefficient (Wildman–Crippen LogP) is 1.00. The van der Waals surface area contributed by atoms with Gasteiger partial charge in [0.2, 0.25) is 0 Å². The summed E-state index contributed by atoms with van der Waals surface area (Å²) in [6.45, 7) is 2.69. The van der Waals surface area contributed by atoms with Crippen molar-refractivity contribution < 1.29 is 9.90 Å². The molecule has 0 spiro atoms. The molecule has 0 unspecified atom stereocenters. The highest BCUT2D eigenvalue weighted by Crippen LogP contribution is 2.00. The first-order valence-electron chi connectivity index (χ1n) is 3.67. The molecule has 0 aliphatic heterocycles. The van der Waals surface area contributed by atoms with E-state index in [1.54, 1.807) is 16.9 Å². The molecule has 64 valence electrons. The quantitative estimate of drug-likeness (QED) is 0.681. The van der Waals surface area contributed by atoms with E-state index in [1.807, 2.05) is 6.92 Å². The number of rotatable bonds is 3. The van der Waals surface area contributed by atoms with E-state index < -0.39 is 5.97 Å². The number of aliphatic carboxylic acids is 1. The molecule has 0 radical (unpaired) electrons. The molecule has 12 heavy (non-hydrogen) atoms. The van der Waals surface area contributed by atoms with Crippen LogP contribution >= 0.6 is 0 Å². The van der Waals surface area contributed by atoms with E-state index in [1.165, 1.54) is 6.08 Å². The molecule has 0 aliphatic rings. The molecular formula is C8H10N2O2. The van der Waals surface area contributed by atoms with Crippen LogP contribution in [0.1, 0.15) is 12.6 Å². The van der Waals surface area contributed by atoms with Crippen LogP contribution in [0.5, 0.6) is 0 Å². The summed E-state index contributed by atoms with van der Waals surface area (Å²) >= 11 is 0. The lowest BCUT2D eigenvalue weighted by atomic mass is 10.4. The number of nitrogens with zero attached hydrogens (tertiary/aromatic N) is 2. The molecule has 0 aliphatic carbocycles. The van der Waals surface area contributed by atoms with Crippen LogP contribution in [0.25, 0.3) is 6.08 Å². The Labute approximate surface area is 70.1 Å². The van der Waals surface area contributed by atoms with Gasteiger partial charge in [0.15, 0.2) is 0 Å². The van der Waals surface area contributed by atoms with Crippen molar-refractivity contribution in [1.29, 1.82) is 0 Å². The first kappa shape index (κ1) is 8.52. The molecule has 1 aromatic rings. The van der Waals surface area contributed by atoms with Crippen molar-refractivity contribution in [1.82, 2.24) is 9.78 Å². The Morgan fingerprint density at radius 3 is 3.17 bits per heavy atom. The third kappa shape index (κ3) is 1.95. The van der Waals surface area contributed by atoms with Crippen molar-refractivity contribution >= 4 is 12.0 Å². The van der Waals surface area contributed by atoms with Gasteiger partial charge in [-0.1, -0.05) is 0 Å². The molecular weight excluding hydrogens is 156 g/mol. The molecule has 0 aromatic carbocycles. The number of aryl methyl sites for hydroxylation is 1. The Hall–Kier alpha value is -1.58. The van der Waals surface area contributed by atoms with Crippen molar-refractivity contribution in [2.75, 3.05) is 0 Å². The highest BCUT2D eigenvalue weighted by atomic mass is 16.4. The second-order valence-electron chi connectivity index (χ2n) is 2.24. The van der Waals surface area contributed by atoms with Gasteiger partial charge < -0.3 is 5.11 Å². The van der Waals surface area contributed by atoms with Crippen LogP contribution in [0.15, 0.2) is 18.3 Å². The summed E-state index contributed by atoms with van der Waals surface area (Å²) in [4.78, 5) is 10.2. The number of aromatic nitrogens is 2. The average Bonchev–Trinajstić information content (AvgIpc) is 2.47. The molecule has 0 bridgehead atoms. The molecule has 0 atom stereocenters. The molecule has 1 rings (SSSR count). The summed E-state index contributed by atoms with van der Waals surface area (Å²) in [5.74, 6) is -0.946. The van der Waals surface area contributed by atoms with Gasteiger partial charge in [0, 0.05) is 18.8 Å². The maximum atomic E-state index is 10.2. The van der Waals surface area contributed by atoms with Crippen molar-refractivity contribution in [3.8, 4) is 0 Å². The summed E-state index contributed by atoms with van der Waals surface area (Å²) < 4.78 is 1.72. The van der Waals surface area contributed by atoms with Gasteiger partial charge in [-0.05, 0) is 19.1 Å². The Morgan fingerprint density at radius 2 is 2.58 bits per heavy atom. The summed E-state index contributed by atoms with van der Waals surface area (Å²) in [6, 6.07) is 1.77.